The lowest BCUT2D eigenvalue weighted by molar-refractivity contribution is -0.117. The maximum Gasteiger partial charge on any atom is 0.387 e. The van der Waals surface area contributed by atoms with E-state index in [2.05, 4.69) is 5.32 Å². The van der Waals surface area contributed by atoms with Crippen LogP contribution >= 0.6 is 0 Å². The van der Waals surface area contributed by atoms with Crippen molar-refractivity contribution in [1.82, 2.24) is 0 Å². The fraction of sp³-hybridized carbons (Fsp3) is 0.240. The highest BCUT2D eigenvalue weighted by atomic mass is 19.3. The standard InChI is InChI=1S/C25H21F2NO4/c1-30-17-5-2-4-15(12-17)23-19-13-16(28-24(29)14-8-9-14)10-11-18(19)22-20(31-23)6-3-7-21(22)32-25(26)27/h2-7,10-14,23,25H,8-9H2,1H3,(H,28,29). The molecule has 1 aliphatic heterocycles. The Kier molecular flexibility index (Phi) is 5.17. The summed E-state index contributed by atoms with van der Waals surface area (Å²) in [5.74, 6) is 1.20. The van der Waals surface area contributed by atoms with E-state index in [0.717, 1.165) is 24.0 Å². The Balaban J connectivity index is 1.63. The summed E-state index contributed by atoms with van der Waals surface area (Å²) in [4.78, 5) is 12.3. The number of carbonyl (C=O) groups is 1. The van der Waals surface area contributed by atoms with E-state index in [1.807, 2.05) is 36.4 Å². The number of rotatable bonds is 6. The third-order valence-corrected chi connectivity index (χ3v) is 5.66. The van der Waals surface area contributed by atoms with E-state index < -0.39 is 12.7 Å². The van der Waals surface area contributed by atoms with Crippen LogP contribution in [-0.2, 0) is 4.79 Å². The average Bonchev–Trinajstić information content (AvgIpc) is 3.64. The molecule has 1 amide bonds. The van der Waals surface area contributed by atoms with E-state index in [-0.39, 0.29) is 17.6 Å². The van der Waals surface area contributed by atoms with Crippen molar-refractivity contribution in [3.8, 4) is 28.4 Å². The van der Waals surface area contributed by atoms with E-state index in [1.54, 1.807) is 25.3 Å². The van der Waals surface area contributed by atoms with E-state index in [0.29, 0.717) is 28.3 Å². The van der Waals surface area contributed by atoms with Gasteiger partial charge in [-0.3, -0.25) is 4.79 Å². The summed E-state index contributed by atoms with van der Waals surface area (Å²) < 4.78 is 42.5. The van der Waals surface area contributed by atoms with Crippen LogP contribution < -0.4 is 19.5 Å². The molecule has 1 saturated carbocycles. The number of ether oxygens (including phenoxy) is 3. The topological polar surface area (TPSA) is 56.8 Å². The van der Waals surface area contributed by atoms with Crippen LogP contribution in [-0.4, -0.2) is 19.6 Å². The second kappa shape index (κ2) is 8.15. The van der Waals surface area contributed by atoms with E-state index >= 15 is 0 Å². The first kappa shape index (κ1) is 20.3. The van der Waals surface area contributed by atoms with Gasteiger partial charge in [0, 0.05) is 22.7 Å². The lowest BCUT2D eigenvalue weighted by atomic mass is 9.88. The summed E-state index contributed by atoms with van der Waals surface area (Å²) in [6, 6.07) is 17.7. The molecule has 7 heteroatoms. The molecule has 5 rings (SSSR count). The highest BCUT2D eigenvalue weighted by Crippen LogP contribution is 2.50. The Labute approximate surface area is 183 Å². The number of benzene rings is 3. The van der Waals surface area contributed by atoms with Crippen LogP contribution in [0.15, 0.2) is 60.7 Å². The highest BCUT2D eigenvalue weighted by molar-refractivity contribution is 5.95. The van der Waals surface area contributed by atoms with Gasteiger partial charge in [0.1, 0.15) is 23.4 Å². The molecule has 1 unspecified atom stereocenters. The van der Waals surface area contributed by atoms with Crippen molar-refractivity contribution in [2.45, 2.75) is 25.6 Å². The number of methoxy groups -OCH3 is 1. The molecule has 0 saturated heterocycles. The first-order valence-corrected chi connectivity index (χ1v) is 10.4. The largest absolute Gasteiger partial charge is 0.497 e. The zero-order valence-corrected chi connectivity index (χ0v) is 17.3. The second-order valence-corrected chi connectivity index (χ2v) is 7.85. The van der Waals surface area contributed by atoms with Crippen molar-refractivity contribution in [2.75, 3.05) is 12.4 Å². The third-order valence-electron chi connectivity index (χ3n) is 5.66. The second-order valence-electron chi connectivity index (χ2n) is 7.85. The van der Waals surface area contributed by atoms with Crippen LogP contribution in [0, 0.1) is 5.92 Å². The number of nitrogens with one attached hydrogen (secondary N) is 1. The number of alkyl halides is 2. The van der Waals surface area contributed by atoms with E-state index in [4.69, 9.17) is 14.2 Å². The maximum absolute atomic E-state index is 13.1. The molecule has 2 aliphatic rings. The molecular formula is C25H21F2NO4. The molecule has 3 aromatic carbocycles. The summed E-state index contributed by atoms with van der Waals surface area (Å²) in [5, 5.41) is 2.95. The number of carbonyl (C=O) groups excluding carboxylic acids is 1. The van der Waals surface area contributed by atoms with E-state index in [9.17, 15) is 13.6 Å². The number of halogens is 2. The molecule has 0 radical (unpaired) electrons. The monoisotopic (exact) mass is 437 g/mol. The summed E-state index contributed by atoms with van der Waals surface area (Å²) in [6.07, 6.45) is 1.27. The van der Waals surface area contributed by atoms with Gasteiger partial charge in [0.2, 0.25) is 5.91 Å². The molecule has 1 atom stereocenters. The van der Waals surface area contributed by atoms with Crippen molar-refractivity contribution >= 4 is 11.6 Å². The summed E-state index contributed by atoms with van der Waals surface area (Å²) in [7, 11) is 1.59. The normalized spacial score (nSPS) is 16.6. The van der Waals surface area contributed by atoms with Crippen LogP contribution in [0.3, 0.4) is 0 Å². The van der Waals surface area contributed by atoms with Gasteiger partial charge in [-0.05, 0) is 54.8 Å². The van der Waals surface area contributed by atoms with Crippen molar-refractivity contribution in [2.24, 2.45) is 5.92 Å². The van der Waals surface area contributed by atoms with Crippen LogP contribution in [0.2, 0.25) is 0 Å². The number of anilines is 1. The van der Waals surface area contributed by atoms with E-state index in [1.165, 1.54) is 6.07 Å². The Morgan fingerprint density at radius 1 is 1.09 bits per heavy atom. The predicted molar refractivity (Wildman–Crippen MR) is 115 cm³/mol. The molecule has 164 valence electrons. The maximum atomic E-state index is 13.1. The van der Waals surface area contributed by atoms with Crippen LogP contribution in [0.4, 0.5) is 14.5 Å². The fourth-order valence-electron chi connectivity index (χ4n) is 3.99. The minimum absolute atomic E-state index is 0.0123. The molecule has 1 fully saturated rings. The molecule has 0 spiro atoms. The smallest absolute Gasteiger partial charge is 0.387 e. The molecular weight excluding hydrogens is 416 g/mol. The summed E-state index contributed by atoms with van der Waals surface area (Å²) in [6.45, 7) is -2.96. The van der Waals surface area contributed by atoms with Crippen molar-refractivity contribution in [3.63, 3.8) is 0 Å². The number of hydrogen-bond acceptors (Lipinski definition) is 4. The first-order valence-electron chi connectivity index (χ1n) is 10.4. The molecule has 1 heterocycles. The van der Waals surface area contributed by atoms with Gasteiger partial charge in [0.05, 0.1) is 12.7 Å². The van der Waals surface area contributed by atoms with Crippen molar-refractivity contribution < 1.29 is 27.8 Å². The van der Waals surface area contributed by atoms with Gasteiger partial charge < -0.3 is 19.5 Å². The zero-order chi connectivity index (χ0) is 22.2. The molecule has 0 aromatic heterocycles. The lowest BCUT2D eigenvalue weighted by Crippen LogP contribution is -2.18. The van der Waals surface area contributed by atoms with Crippen LogP contribution in [0.1, 0.15) is 30.1 Å². The van der Waals surface area contributed by atoms with Crippen LogP contribution in [0.5, 0.6) is 17.2 Å². The van der Waals surface area contributed by atoms with Gasteiger partial charge in [0.15, 0.2) is 0 Å². The van der Waals surface area contributed by atoms with Crippen molar-refractivity contribution in [3.05, 3.63) is 71.8 Å². The molecule has 1 aliphatic carbocycles. The quantitative estimate of drug-likeness (QED) is 0.530. The molecule has 5 nitrogen and oxygen atoms in total. The number of hydrogen-bond donors (Lipinski definition) is 1. The number of amides is 1. The van der Waals surface area contributed by atoms with Crippen LogP contribution in [0.25, 0.3) is 11.1 Å². The van der Waals surface area contributed by atoms with Gasteiger partial charge >= 0.3 is 6.61 Å². The minimum atomic E-state index is -2.96. The summed E-state index contributed by atoms with van der Waals surface area (Å²) in [5.41, 5.74) is 3.38. The Hall–Kier alpha value is -3.61. The fourth-order valence-corrected chi connectivity index (χ4v) is 3.99. The van der Waals surface area contributed by atoms with Gasteiger partial charge in [-0.15, -0.1) is 0 Å². The zero-order valence-electron chi connectivity index (χ0n) is 17.3. The van der Waals surface area contributed by atoms with Gasteiger partial charge in [0.25, 0.3) is 0 Å². The Morgan fingerprint density at radius 2 is 1.91 bits per heavy atom. The molecule has 32 heavy (non-hydrogen) atoms. The lowest BCUT2D eigenvalue weighted by Gasteiger charge is -2.31. The number of fused-ring (bicyclic) bond motifs is 3. The minimum Gasteiger partial charge on any atom is -0.497 e. The van der Waals surface area contributed by atoms with Gasteiger partial charge in [-0.25, -0.2) is 0 Å². The molecule has 3 aromatic rings. The predicted octanol–water partition coefficient (Wildman–Crippen LogP) is 5.79. The SMILES string of the molecule is COc1cccc(C2Oc3cccc(OC(F)F)c3-c3ccc(NC(=O)C4CC4)cc32)c1. The Bertz CT molecular complexity index is 1180. The molecule has 1 N–H and O–H groups in total. The summed E-state index contributed by atoms with van der Waals surface area (Å²) >= 11 is 0. The first-order chi connectivity index (χ1) is 15.5. The Morgan fingerprint density at radius 3 is 2.66 bits per heavy atom. The van der Waals surface area contributed by atoms with Gasteiger partial charge in [-0.2, -0.15) is 8.78 Å². The average molecular weight is 437 g/mol. The van der Waals surface area contributed by atoms with Gasteiger partial charge in [-0.1, -0.05) is 24.3 Å². The highest BCUT2D eigenvalue weighted by Gasteiger charge is 2.32. The molecule has 0 bridgehead atoms. The third kappa shape index (κ3) is 3.86. The van der Waals surface area contributed by atoms with Crippen molar-refractivity contribution in [1.29, 1.82) is 0 Å².